The molecule has 5 atom stereocenters. The predicted octanol–water partition coefficient (Wildman–Crippen LogP) is 9.44. The Morgan fingerprint density at radius 3 is 1.57 bits per heavy atom. The molecule has 1 unspecified atom stereocenters. The highest BCUT2D eigenvalue weighted by Crippen LogP contribution is 2.33. The first kappa shape index (κ1) is 37.4. The van der Waals surface area contributed by atoms with E-state index in [1.54, 1.807) is 0 Å². The monoisotopic (exact) mass is 730 g/mol. The summed E-state index contributed by atoms with van der Waals surface area (Å²) >= 11 is 3.54. The Hall–Kier alpha value is -2.88. The molecule has 0 aromatic heterocycles. The molecule has 4 aromatic rings. The third-order valence-corrected chi connectivity index (χ3v) is 9.22. The molecule has 0 spiro atoms. The van der Waals surface area contributed by atoms with E-state index in [1.165, 1.54) is 25.7 Å². The molecule has 262 valence electrons. The van der Waals surface area contributed by atoms with Crippen molar-refractivity contribution < 1.29 is 28.4 Å². The Bertz CT molecular complexity index is 1390. The largest absolute Gasteiger partial charge is 0.374 e. The summed E-state index contributed by atoms with van der Waals surface area (Å²) in [7, 11) is 0. The van der Waals surface area contributed by atoms with Crippen molar-refractivity contribution >= 4 is 15.9 Å². The van der Waals surface area contributed by atoms with Crippen LogP contribution < -0.4 is 0 Å². The van der Waals surface area contributed by atoms with Crippen LogP contribution in [0.1, 0.15) is 60.8 Å². The van der Waals surface area contributed by atoms with E-state index in [1.807, 2.05) is 72.8 Å². The molecule has 1 saturated heterocycles. The smallest absolute Gasteiger partial charge is 0.187 e. The van der Waals surface area contributed by atoms with Crippen LogP contribution in [-0.4, -0.2) is 49.2 Å². The Kier molecular flexibility index (Phi) is 16.8. The standard InChI is InChI=1S/C42H51BrO6/c43-27-17-3-1-2-4-18-28-45-41-40(47-31-36-23-13-7-14-24-36)39(49-42(41)48-32-37-25-15-8-16-26-37)38(46-30-35-21-11-6-12-22-35)33-44-29-34-19-9-5-10-20-34/h5-16,19-26,38-42H,1-4,17-18,27-33H2/t38?,39-,40+,41-,42+/m1/s1. The highest BCUT2D eigenvalue weighted by Gasteiger charge is 2.50. The van der Waals surface area contributed by atoms with Crippen LogP contribution >= 0.6 is 15.9 Å². The van der Waals surface area contributed by atoms with Crippen LogP contribution in [0.5, 0.6) is 0 Å². The second-order valence-electron chi connectivity index (χ2n) is 12.5. The molecule has 5 rings (SSSR count). The Morgan fingerprint density at radius 1 is 0.510 bits per heavy atom. The average molecular weight is 732 g/mol. The van der Waals surface area contributed by atoms with Crippen LogP contribution in [0.15, 0.2) is 121 Å². The first-order valence-corrected chi connectivity index (χ1v) is 18.8. The van der Waals surface area contributed by atoms with Crippen molar-refractivity contribution in [3.8, 4) is 0 Å². The van der Waals surface area contributed by atoms with Gasteiger partial charge in [0.15, 0.2) is 6.29 Å². The molecule has 0 amide bonds. The number of benzene rings is 4. The summed E-state index contributed by atoms with van der Waals surface area (Å²) < 4.78 is 39.6. The minimum Gasteiger partial charge on any atom is -0.374 e. The number of alkyl halides is 1. The minimum absolute atomic E-state index is 0.324. The van der Waals surface area contributed by atoms with Gasteiger partial charge in [0.1, 0.15) is 24.4 Å². The predicted molar refractivity (Wildman–Crippen MR) is 197 cm³/mol. The zero-order chi connectivity index (χ0) is 33.8. The van der Waals surface area contributed by atoms with Crippen molar-refractivity contribution in [3.05, 3.63) is 144 Å². The molecule has 6 nitrogen and oxygen atoms in total. The average Bonchev–Trinajstić information content (AvgIpc) is 3.50. The molecule has 49 heavy (non-hydrogen) atoms. The van der Waals surface area contributed by atoms with Gasteiger partial charge in [-0.3, -0.25) is 0 Å². The van der Waals surface area contributed by atoms with E-state index >= 15 is 0 Å². The molecule has 1 fully saturated rings. The number of ether oxygens (including phenoxy) is 6. The van der Waals surface area contributed by atoms with Crippen molar-refractivity contribution in [2.24, 2.45) is 0 Å². The lowest BCUT2D eigenvalue weighted by Crippen LogP contribution is -2.45. The van der Waals surface area contributed by atoms with Gasteiger partial charge in [-0.1, -0.05) is 163 Å². The summed E-state index contributed by atoms with van der Waals surface area (Å²) in [6.45, 7) is 2.64. The van der Waals surface area contributed by atoms with Crippen LogP contribution in [0.25, 0.3) is 0 Å². The molecule has 1 aliphatic heterocycles. The summed E-state index contributed by atoms with van der Waals surface area (Å²) in [4.78, 5) is 0. The van der Waals surface area contributed by atoms with Crippen LogP contribution in [0.3, 0.4) is 0 Å². The van der Waals surface area contributed by atoms with Gasteiger partial charge in [-0.2, -0.15) is 0 Å². The molecule has 1 aliphatic rings. The molecule has 0 N–H and O–H groups in total. The van der Waals surface area contributed by atoms with Gasteiger partial charge < -0.3 is 28.4 Å². The summed E-state index contributed by atoms with van der Waals surface area (Å²) in [6, 6.07) is 40.8. The lowest BCUT2D eigenvalue weighted by atomic mass is 10.0. The van der Waals surface area contributed by atoms with E-state index in [0.29, 0.717) is 39.6 Å². The van der Waals surface area contributed by atoms with Crippen LogP contribution in [0.4, 0.5) is 0 Å². The zero-order valence-corrected chi connectivity index (χ0v) is 30.0. The lowest BCUT2D eigenvalue weighted by molar-refractivity contribution is -0.201. The van der Waals surface area contributed by atoms with E-state index in [9.17, 15) is 0 Å². The van der Waals surface area contributed by atoms with Crippen molar-refractivity contribution in [2.75, 3.05) is 18.5 Å². The molecule has 1 heterocycles. The van der Waals surface area contributed by atoms with Gasteiger partial charge in [-0.05, 0) is 35.1 Å². The van der Waals surface area contributed by atoms with Gasteiger partial charge in [0, 0.05) is 11.9 Å². The normalized spacial score (nSPS) is 19.6. The van der Waals surface area contributed by atoms with Crippen LogP contribution in [0.2, 0.25) is 0 Å². The summed E-state index contributed by atoms with van der Waals surface area (Å²) in [6.07, 6.45) is 4.58. The fourth-order valence-corrected chi connectivity index (χ4v) is 6.37. The first-order valence-electron chi connectivity index (χ1n) is 17.7. The fraction of sp³-hybridized carbons (Fsp3) is 0.429. The van der Waals surface area contributed by atoms with Crippen molar-refractivity contribution in [3.63, 3.8) is 0 Å². The third-order valence-electron chi connectivity index (χ3n) is 8.65. The number of unbranched alkanes of at least 4 members (excludes halogenated alkanes) is 5. The molecule has 4 aromatic carbocycles. The molecular formula is C42H51BrO6. The van der Waals surface area contributed by atoms with Crippen LogP contribution in [-0.2, 0) is 54.8 Å². The molecule has 0 saturated carbocycles. The van der Waals surface area contributed by atoms with Gasteiger partial charge in [0.2, 0.25) is 0 Å². The van der Waals surface area contributed by atoms with Crippen LogP contribution in [0, 0.1) is 0 Å². The topological polar surface area (TPSA) is 55.4 Å². The Labute approximate surface area is 301 Å². The van der Waals surface area contributed by atoms with E-state index in [-0.39, 0.29) is 0 Å². The Morgan fingerprint density at radius 2 is 1.00 bits per heavy atom. The minimum atomic E-state index is -0.637. The first-order chi connectivity index (χ1) is 24.3. The van der Waals surface area contributed by atoms with Gasteiger partial charge in [-0.25, -0.2) is 0 Å². The van der Waals surface area contributed by atoms with Crippen molar-refractivity contribution in [1.29, 1.82) is 0 Å². The summed E-state index contributed by atoms with van der Waals surface area (Å²) in [5.41, 5.74) is 4.34. The second-order valence-corrected chi connectivity index (χ2v) is 13.3. The van der Waals surface area contributed by atoms with E-state index < -0.39 is 30.7 Å². The van der Waals surface area contributed by atoms with E-state index in [2.05, 4.69) is 64.5 Å². The van der Waals surface area contributed by atoms with Crippen molar-refractivity contribution in [2.45, 2.75) is 95.7 Å². The fourth-order valence-electron chi connectivity index (χ4n) is 5.97. The molecule has 0 bridgehead atoms. The van der Waals surface area contributed by atoms with Crippen molar-refractivity contribution in [1.82, 2.24) is 0 Å². The maximum atomic E-state index is 6.79. The highest BCUT2D eigenvalue weighted by atomic mass is 79.9. The molecule has 0 radical (unpaired) electrons. The molecule has 0 aliphatic carbocycles. The molecule has 7 heteroatoms. The van der Waals surface area contributed by atoms with Gasteiger partial charge in [0.05, 0.1) is 33.0 Å². The number of hydrogen-bond acceptors (Lipinski definition) is 6. The quantitative estimate of drug-likeness (QED) is 0.0560. The van der Waals surface area contributed by atoms with Gasteiger partial charge >= 0.3 is 0 Å². The number of halogens is 1. The number of rotatable bonds is 23. The van der Waals surface area contributed by atoms with Gasteiger partial charge in [0.25, 0.3) is 0 Å². The van der Waals surface area contributed by atoms with E-state index in [4.69, 9.17) is 28.4 Å². The highest BCUT2D eigenvalue weighted by molar-refractivity contribution is 9.09. The third kappa shape index (κ3) is 13.1. The lowest BCUT2D eigenvalue weighted by Gasteiger charge is -2.29. The zero-order valence-electron chi connectivity index (χ0n) is 28.5. The van der Waals surface area contributed by atoms with E-state index in [0.717, 1.165) is 40.4 Å². The SMILES string of the molecule is BrCCCCCCCCO[C@H]1[C@@H](OCc2ccccc2)O[C@H](C(COCc2ccccc2)OCc2ccccc2)[C@@H]1OCc1ccccc1. The summed E-state index contributed by atoms with van der Waals surface area (Å²) in [5, 5.41) is 1.07. The van der Waals surface area contributed by atoms with Gasteiger partial charge in [-0.15, -0.1) is 0 Å². The second kappa shape index (κ2) is 22.0. The summed E-state index contributed by atoms with van der Waals surface area (Å²) in [5.74, 6) is 0. The maximum Gasteiger partial charge on any atom is 0.187 e. The molecular weight excluding hydrogens is 680 g/mol. The Balaban J connectivity index is 1.34. The number of hydrogen-bond donors (Lipinski definition) is 0. The maximum absolute atomic E-state index is 6.79.